The van der Waals surface area contributed by atoms with Gasteiger partial charge < -0.3 is 10.1 Å². The van der Waals surface area contributed by atoms with Crippen molar-refractivity contribution >= 4 is 50.7 Å². The van der Waals surface area contributed by atoms with Crippen LogP contribution in [0.25, 0.3) is 0 Å². The fourth-order valence-electron chi connectivity index (χ4n) is 1.52. The van der Waals surface area contributed by atoms with Gasteiger partial charge in [-0.25, -0.2) is 4.39 Å². The first-order valence-electron chi connectivity index (χ1n) is 5.79. The molecule has 0 saturated heterocycles. The van der Waals surface area contributed by atoms with E-state index in [1.807, 2.05) is 0 Å². The van der Waals surface area contributed by atoms with Gasteiger partial charge >= 0.3 is 0 Å². The minimum atomic E-state index is -0.680. The van der Waals surface area contributed by atoms with Crippen LogP contribution in [0.15, 0.2) is 40.9 Å². The summed E-state index contributed by atoms with van der Waals surface area (Å²) in [6.07, 6.45) is 0. The summed E-state index contributed by atoms with van der Waals surface area (Å²) in [7, 11) is 0. The van der Waals surface area contributed by atoms with E-state index in [1.165, 1.54) is 18.2 Å². The number of nitrogens with one attached hydrogen (secondary N) is 1. The molecule has 0 aromatic heterocycles. The van der Waals surface area contributed by atoms with Crippen molar-refractivity contribution in [1.82, 2.24) is 0 Å². The van der Waals surface area contributed by atoms with Crippen LogP contribution >= 0.6 is 39.1 Å². The van der Waals surface area contributed by atoms with Crippen LogP contribution in [-0.4, -0.2) is 12.5 Å². The molecule has 2 aromatic carbocycles. The van der Waals surface area contributed by atoms with Crippen LogP contribution in [-0.2, 0) is 4.79 Å². The Hall–Kier alpha value is -1.30. The van der Waals surface area contributed by atoms with Crippen molar-refractivity contribution in [2.24, 2.45) is 0 Å². The Morgan fingerprint density at radius 3 is 2.76 bits per heavy atom. The molecule has 0 bridgehead atoms. The topological polar surface area (TPSA) is 38.3 Å². The van der Waals surface area contributed by atoms with Gasteiger partial charge in [0.2, 0.25) is 0 Å². The number of benzene rings is 2. The van der Waals surface area contributed by atoms with E-state index in [0.717, 1.165) is 0 Å². The highest BCUT2D eigenvalue weighted by atomic mass is 79.9. The van der Waals surface area contributed by atoms with E-state index in [0.29, 0.717) is 15.2 Å². The minimum absolute atomic E-state index is 0.00581. The smallest absolute Gasteiger partial charge is 0.262 e. The molecule has 0 aliphatic heterocycles. The van der Waals surface area contributed by atoms with E-state index in [2.05, 4.69) is 21.2 Å². The van der Waals surface area contributed by atoms with Crippen LogP contribution in [0.4, 0.5) is 10.1 Å². The maximum absolute atomic E-state index is 13.6. The summed E-state index contributed by atoms with van der Waals surface area (Å²) in [5, 5.41) is 2.87. The maximum atomic E-state index is 13.6. The normalized spacial score (nSPS) is 10.3. The average Bonchev–Trinajstić information content (AvgIpc) is 2.43. The van der Waals surface area contributed by atoms with Crippen LogP contribution in [0.1, 0.15) is 0 Å². The Kier molecular flexibility index (Phi) is 5.45. The number of rotatable bonds is 4. The van der Waals surface area contributed by atoms with Gasteiger partial charge in [-0.2, -0.15) is 0 Å². The number of amides is 1. The molecule has 110 valence electrons. The molecule has 3 nitrogen and oxygen atoms in total. The van der Waals surface area contributed by atoms with Gasteiger partial charge in [-0.3, -0.25) is 4.79 Å². The molecule has 0 radical (unpaired) electrons. The van der Waals surface area contributed by atoms with Gasteiger partial charge in [-0.1, -0.05) is 29.3 Å². The zero-order chi connectivity index (χ0) is 15.4. The number of ether oxygens (including phenoxy) is 1. The first-order valence-corrected chi connectivity index (χ1v) is 7.34. The molecule has 0 unspecified atom stereocenters. The van der Waals surface area contributed by atoms with Crippen molar-refractivity contribution < 1.29 is 13.9 Å². The molecule has 0 spiro atoms. The molecular formula is C14H9BrCl2FNO2. The second-order valence-corrected chi connectivity index (χ2v) is 5.71. The lowest BCUT2D eigenvalue weighted by Gasteiger charge is -2.10. The molecule has 0 saturated carbocycles. The molecule has 2 rings (SSSR count). The lowest BCUT2D eigenvalue weighted by Crippen LogP contribution is -2.21. The van der Waals surface area contributed by atoms with Gasteiger partial charge in [0.1, 0.15) is 5.75 Å². The molecule has 2 aromatic rings. The Bertz CT molecular complexity index is 682. The Morgan fingerprint density at radius 1 is 1.29 bits per heavy atom. The lowest BCUT2D eigenvalue weighted by atomic mass is 10.3. The molecule has 0 fully saturated rings. The third-order valence-corrected chi connectivity index (χ3v) is 3.63. The van der Waals surface area contributed by atoms with Crippen molar-refractivity contribution in [3.63, 3.8) is 0 Å². The molecule has 1 N–H and O–H groups in total. The lowest BCUT2D eigenvalue weighted by molar-refractivity contribution is -0.118. The number of hydrogen-bond acceptors (Lipinski definition) is 2. The molecule has 7 heteroatoms. The SMILES string of the molecule is O=C(COc1ccc(Cl)cc1Br)Nc1cccc(Cl)c1F. The highest BCUT2D eigenvalue weighted by molar-refractivity contribution is 9.10. The van der Waals surface area contributed by atoms with Crippen LogP contribution in [0.2, 0.25) is 10.0 Å². The maximum Gasteiger partial charge on any atom is 0.262 e. The number of halogens is 4. The van der Waals surface area contributed by atoms with Crippen molar-refractivity contribution in [3.05, 3.63) is 56.7 Å². The fourth-order valence-corrected chi connectivity index (χ4v) is 2.49. The van der Waals surface area contributed by atoms with E-state index >= 15 is 0 Å². The molecule has 0 heterocycles. The van der Waals surface area contributed by atoms with Gasteiger partial charge in [-0.15, -0.1) is 0 Å². The molecular weight excluding hydrogens is 384 g/mol. The highest BCUT2D eigenvalue weighted by Gasteiger charge is 2.11. The van der Waals surface area contributed by atoms with Crippen LogP contribution in [0.3, 0.4) is 0 Å². The quantitative estimate of drug-likeness (QED) is 0.802. The molecule has 21 heavy (non-hydrogen) atoms. The molecule has 1 amide bonds. The van der Waals surface area contributed by atoms with E-state index in [1.54, 1.807) is 18.2 Å². The summed E-state index contributed by atoms with van der Waals surface area (Å²) in [6.45, 7) is -0.272. The number of hydrogen-bond donors (Lipinski definition) is 1. The zero-order valence-electron chi connectivity index (χ0n) is 10.5. The first kappa shape index (κ1) is 16.1. The summed E-state index contributed by atoms with van der Waals surface area (Å²) in [4.78, 5) is 11.7. The summed E-state index contributed by atoms with van der Waals surface area (Å²) in [5.74, 6) is -0.723. The molecule has 0 aliphatic rings. The van der Waals surface area contributed by atoms with Gasteiger partial charge in [0, 0.05) is 5.02 Å². The first-order chi connectivity index (χ1) is 9.97. The predicted octanol–water partition coefficient (Wildman–Crippen LogP) is 4.91. The van der Waals surface area contributed by atoms with Crippen LogP contribution < -0.4 is 10.1 Å². The number of carbonyl (C=O) groups excluding carboxylic acids is 1. The molecule has 0 aliphatic carbocycles. The Balaban J connectivity index is 1.97. The largest absolute Gasteiger partial charge is 0.483 e. The fraction of sp³-hybridized carbons (Fsp3) is 0.0714. The Morgan fingerprint density at radius 2 is 2.05 bits per heavy atom. The van der Waals surface area contributed by atoms with Crippen molar-refractivity contribution in [3.8, 4) is 5.75 Å². The van der Waals surface area contributed by atoms with Crippen LogP contribution in [0, 0.1) is 5.82 Å². The van der Waals surface area contributed by atoms with E-state index in [4.69, 9.17) is 27.9 Å². The second kappa shape index (κ2) is 7.11. The van der Waals surface area contributed by atoms with E-state index in [9.17, 15) is 9.18 Å². The van der Waals surface area contributed by atoms with Crippen molar-refractivity contribution in [1.29, 1.82) is 0 Å². The van der Waals surface area contributed by atoms with Crippen LogP contribution in [0.5, 0.6) is 5.75 Å². The second-order valence-electron chi connectivity index (χ2n) is 4.01. The third-order valence-electron chi connectivity index (χ3n) is 2.48. The van der Waals surface area contributed by atoms with E-state index < -0.39 is 11.7 Å². The zero-order valence-corrected chi connectivity index (χ0v) is 13.6. The van der Waals surface area contributed by atoms with Crippen molar-refractivity contribution in [2.75, 3.05) is 11.9 Å². The minimum Gasteiger partial charge on any atom is -0.483 e. The van der Waals surface area contributed by atoms with Gasteiger partial charge in [0.25, 0.3) is 5.91 Å². The summed E-state index contributed by atoms with van der Waals surface area (Å²) < 4.78 is 19.6. The average molecular weight is 393 g/mol. The third kappa shape index (κ3) is 4.33. The summed E-state index contributed by atoms with van der Waals surface area (Å²) in [5.41, 5.74) is 0.00581. The van der Waals surface area contributed by atoms with Crippen molar-refractivity contribution in [2.45, 2.75) is 0 Å². The highest BCUT2D eigenvalue weighted by Crippen LogP contribution is 2.28. The monoisotopic (exact) mass is 391 g/mol. The standard InChI is InChI=1S/C14H9BrCl2FNO2/c15-9-6-8(16)4-5-12(9)21-7-13(20)19-11-3-1-2-10(17)14(11)18/h1-6H,7H2,(H,19,20). The number of anilines is 1. The van der Waals surface area contributed by atoms with Gasteiger partial charge in [0.15, 0.2) is 12.4 Å². The summed E-state index contributed by atoms with van der Waals surface area (Å²) >= 11 is 14.7. The molecule has 0 atom stereocenters. The van der Waals surface area contributed by atoms with E-state index in [-0.39, 0.29) is 17.3 Å². The van der Waals surface area contributed by atoms with Gasteiger partial charge in [0.05, 0.1) is 15.2 Å². The summed E-state index contributed by atoms with van der Waals surface area (Å²) in [6, 6.07) is 9.25. The predicted molar refractivity (Wildman–Crippen MR) is 84.7 cm³/mol. The number of carbonyl (C=O) groups is 1. The Labute approximate surface area is 139 Å². The van der Waals surface area contributed by atoms with Gasteiger partial charge in [-0.05, 0) is 46.3 Å².